The van der Waals surface area contributed by atoms with Crippen LogP contribution in [0, 0.1) is 0 Å². The molecule has 0 spiro atoms. The molecule has 82 valence electrons. The third-order valence-electron chi connectivity index (χ3n) is 3.01. The first-order chi connectivity index (χ1) is 7.84. The lowest BCUT2D eigenvalue weighted by Crippen LogP contribution is -2.51. The van der Waals surface area contributed by atoms with E-state index < -0.39 is 0 Å². The van der Waals surface area contributed by atoms with Crippen molar-refractivity contribution in [1.82, 2.24) is 5.32 Å². The molecule has 1 fully saturated rings. The van der Waals surface area contributed by atoms with Gasteiger partial charge in [0.1, 0.15) is 0 Å². The highest BCUT2D eigenvalue weighted by molar-refractivity contribution is 9.10. The van der Waals surface area contributed by atoms with Gasteiger partial charge in [-0.25, -0.2) is 0 Å². The lowest BCUT2D eigenvalue weighted by atomic mass is 10.1. The quantitative estimate of drug-likeness (QED) is 0.881. The molecule has 2 aromatic carbocycles. The number of nitrogens with one attached hydrogen (secondary N) is 2. The number of hydrogen-bond acceptors (Lipinski definition) is 2. The fourth-order valence-electron chi connectivity index (χ4n) is 2.00. The van der Waals surface area contributed by atoms with E-state index in [1.54, 1.807) is 0 Å². The Bertz CT molecular complexity index is 520. The molecule has 0 aliphatic carbocycles. The molecule has 1 aliphatic rings. The van der Waals surface area contributed by atoms with Crippen molar-refractivity contribution in [3.05, 3.63) is 40.9 Å². The van der Waals surface area contributed by atoms with Crippen molar-refractivity contribution in [3.8, 4) is 0 Å². The summed E-state index contributed by atoms with van der Waals surface area (Å²) < 4.78 is 1.15. The Hall–Kier alpha value is -1.06. The average Bonchev–Trinajstić information content (AvgIpc) is 2.26. The number of rotatable bonds is 2. The molecule has 16 heavy (non-hydrogen) atoms. The van der Waals surface area contributed by atoms with Crippen molar-refractivity contribution in [3.63, 3.8) is 0 Å². The van der Waals surface area contributed by atoms with Gasteiger partial charge in [0.25, 0.3) is 0 Å². The summed E-state index contributed by atoms with van der Waals surface area (Å²) in [7, 11) is 0. The zero-order valence-corrected chi connectivity index (χ0v) is 10.4. The van der Waals surface area contributed by atoms with Crippen LogP contribution in [-0.2, 0) is 0 Å². The summed E-state index contributed by atoms with van der Waals surface area (Å²) in [6.45, 7) is 2.12. The van der Waals surface area contributed by atoms with E-state index in [1.165, 1.54) is 16.5 Å². The zero-order chi connectivity index (χ0) is 11.0. The molecule has 1 saturated heterocycles. The van der Waals surface area contributed by atoms with Crippen molar-refractivity contribution >= 4 is 32.4 Å². The number of hydrogen-bond donors (Lipinski definition) is 2. The van der Waals surface area contributed by atoms with E-state index >= 15 is 0 Å². The van der Waals surface area contributed by atoms with Crippen LogP contribution in [0.3, 0.4) is 0 Å². The second-order valence-corrected chi connectivity index (χ2v) is 4.99. The number of halogens is 1. The maximum Gasteiger partial charge on any atom is 0.0510 e. The molecule has 0 atom stereocenters. The Kier molecular flexibility index (Phi) is 2.58. The van der Waals surface area contributed by atoms with E-state index in [4.69, 9.17) is 0 Å². The maximum absolute atomic E-state index is 3.59. The van der Waals surface area contributed by atoms with Gasteiger partial charge in [-0.2, -0.15) is 0 Å². The Balaban J connectivity index is 2.06. The van der Waals surface area contributed by atoms with E-state index in [0.717, 1.165) is 17.6 Å². The second kappa shape index (κ2) is 4.07. The molecule has 0 radical (unpaired) electrons. The van der Waals surface area contributed by atoms with Crippen LogP contribution < -0.4 is 10.6 Å². The molecule has 0 bridgehead atoms. The summed E-state index contributed by atoms with van der Waals surface area (Å²) >= 11 is 3.59. The third-order valence-corrected chi connectivity index (χ3v) is 3.70. The summed E-state index contributed by atoms with van der Waals surface area (Å²) in [4.78, 5) is 0. The van der Waals surface area contributed by atoms with Gasteiger partial charge < -0.3 is 10.6 Å². The first-order valence-corrected chi connectivity index (χ1v) is 6.28. The van der Waals surface area contributed by atoms with Gasteiger partial charge in [-0.1, -0.05) is 40.2 Å². The van der Waals surface area contributed by atoms with Crippen molar-refractivity contribution in [2.45, 2.75) is 6.04 Å². The molecule has 0 unspecified atom stereocenters. The summed E-state index contributed by atoms with van der Waals surface area (Å²) in [5.74, 6) is 0. The van der Waals surface area contributed by atoms with Crippen LogP contribution in [0.25, 0.3) is 10.8 Å². The molecule has 2 aromatic rings. The van der Waals surface area contributed by atoms with Crippen LogP contribution in [0.5, 0.6) is 0 Å². The molecule has 3 heteroatoms. The first-order valence-electron chi connectivity index (χ1n) is 5.49. The topological polar surface area (TPSA) is 24.1 Å². The second-order valence-electron chi connectivity index (χ2n) is 4.14. The molecule has 1 aliphatic heterocycles. The van der Waals surface area contributed by atoms with Crippen LogP contribution in [-0.4, -0.2) is 19.1 Å². The maximum atomic E-state index is 3.59. The lowest BCUT2D eigenvalue weighted by Gasteiger charge is -2.29. The standard InChI is InChI=1S/C13H13BrN2/c14-12-5-6-13(16-9-7-15-8-9)11-4-2-1-3-10(11)12/h1-6,9,15-16H,7-8H2. The molecule has 0 aromatic heterocycles. The van der Waals surface area contributed by atoms with E-state index in [0.29, 0.717) is 6.04 Å². The molecule has 3 rings (SSSR count). The van der Waals surface area contributed by atoms with Gasteiger partial charge in [-0.05, 0) is 17.5 Å². The van der Waals surface area contributed by atoms with Gasteiger partial charge in [-0.3, -0.25) is 0 Å². The van der Waals surface area contributed by atoms with Crippen LogP contribution in [0.4, 0.5) is 5.69 Å². The minimum atomic E-state index is 0.574. The number of fused-ring (bicyclic) bond motifs is 1. The predicted octanol–water partition coefficient (Wildman–Crippen LogP) is 2.99. The largest absolute Gasteiger partial charge is 0.379 e. The van der Waals surface area contributed by atoms with Gasteiger partial charge in [0.2, 0.25) is 0 Å². The Morgan fingerprint density at radius 3 is 2.50 bits per heavy atom. The van der Waals surface area contributed by atoms with Crippen LogP contribution in [0.1, 0.15) is 0 Å². The number of anilines is 1. The normalized spacial score (nSPS) is 16.1. The lowest BCUT2D eigenvalue weighted by molar-refractivity contribution is 0.472. The molecule has 1 heterocycles. The summed E-state index contributed by atoms with van der Waals surface area (Å²) in [6.07, 6.45) is 0. The first kappa shape index (κ1) is 10.1. The molecule has 2 nitrogen and oxygen atoms in total. The summed E-state index contributed by atoms with van der Waals surface area (Å²) in [6, 6.07) is 13.3. The van der Waals surface area contributed by atoms with Gasteiger partial charge in [-0.15, -0.1) is 0 Å². The van der Waals surface area contributed by atoms with Crippen molar-refractivity contribution in [2.24, 2.45) is 0 Å². The molecule has 2 N–H and O–H groups in total. The van der Waals surface area contributed by atoms with Gasteiger partial charge in [0.15, 0.2) is 0 Å². The van der Waals surface area contributed by atoms with Gasteiger partial charge >= 0.3 is 0 Å². The smallest absolute Gasteiger partial charge is 0.0510 e. The monoisotopic (exact) mass is 276 g/mol. The third kappa shape index (κ3) is 1.70. The zero-order valence-electron chi connectivity index (χ0n) is 8.83. The Morgan fingerprint density at radius 2 is 1.81 bits per heavy atom. The van der Waals surface area contributed by atoms with E-state index in [9.17, 15) is 0 Å². The molecule has 0 amide bonds. The van der Waals surface area contributed by atoms with Crippen LogP contribution >= 0.6 is 15.9 Å². The SMILES string of the molecule is Brc1ccc(NC2CNC2)c2ccccc12. The van der Waals surface area contributed by atoms with Crippen LogP contribution in [0.15, 0.2) is 40.9 Å². The van der Waals surface area contributed by atoms with E-state index in [2.05, 4.69) is 63.0 Å². The predicted molar refractivity (Wildman–Crippen MR) is 71.9 cm³/mol. The Morgan fingerprint density at radius 1 is 1.06 bits per heavy atom. The Labute approximate surface area is 103 Å². The van der Waals surface area contributed by atoms with Crippen LogP contribution in [0.2, 0.25) is 0 Å². The highest BCUT2D eigenvalue weighted by Gasteiger charge is 2.16. The minimum absolute atomic E-state index is 0.574. The average molecular weight is 277 g/mol. The van der Waals surface area contributed by atoms with Gasteiger partial charge in [0, 0.05) is 28.6 Å². The van der Waals surface area contributed by atoms with E-state index in [1.807, 2.05) is 0 Å². The van der Waals surface area contributed by atoms with Crippen molar-refractivity contribution in [1.29, 1.82) is 0 Å². The summed E-state index contributed by atoms with van der Waals surface area (Å²) in [5.41, 5.74) is 1.23. The molecular weight excluding hydrogens is 264 g/mol. The van der Waals surface area contributed by atoms with E-state index in [-0.39, 0.29) is 0 Å². The highest BCUT2D eigenvalue weighted by atomic mass is 79.9. The van der Waals surface area contributed by atoms with Crippen molar-refractivity contribution in [2.75, 3.05) is 18.4 Å². The molecular formula is C13H13BrN2. The number of benzene rings is 2. The minimum Gasteiger partial charge on any atom is -0.379 e. The fourth-order valence-corrected chi connectivity index (χ4v) is 2.48. The molecule has 0 saturated carbocycles. The fraction of sp³-hybridized carbons (Fsp3) is 0.231. The summed E-state index contributed by atoms with van der Waals surface area (Å²) in [5, 5.41) is 9.38. The van der Waals surface area contributed by atoms with Gasteiger partial charge in [0.05, 0.1) is 6.04 Å². The van der Waals surface area contributed by atoms with Crippen molar-refractivity contribution < 1.29 is 0 Å². The highest BCUT2D eigenvalue weighted by Crippen LogP contribution is 2.30.